The number of hydroxylamine groups is 1. The van der Waals surface area contributed by atoms with Crippen LogP contribution in [0.5, 0.6) is 0 Å². The van der Waals surface area contributed by atoms with Crippen LogP contribution in [0.3, 0.4) is 0 Å². The minimum atomic E-state index is -0.817. The number of aliphatic hydroxyl groups is 1. The molecule has 3 N–H and O–H groups in total. The molecule has 0 aliphatic heterocycles. The molecule has 0 aliphatic rings. The molecule has 0 fully saturated rings. The first-order valence-electron chi connectivity index (χ1n) is 8.15. The van der Waals surface area contributed by atoms with Crippen LogP contribution in [0.25, 0.3) is 5.65 Å². The van der Waals surface area contributed by atoms with Crippen molar-refractivity contribution in [2.45, 2.75) is 13.0 Å². The molecule has 0 saturated heterocycles. The molecule has 2 aromatic heterocycles. The Balaban J connectivity index is 2.00. The normalized spacial score (nSPS) is 12.1. The third-order valence-electron chi connectivity index (χ3n) is 3.74. The maximum absolute atomic E-state index is 14.9. The first-order chi connectivity index (χ1) is 12.9. The Hall–Kier alpha value is -2.98. The van der Waals surface area contributed by atoms with Crippen LogP contribution in [0, 0.1) is 11.6 Å². The summed E-state index contributed by atoms with van der Waals surface area (Å²) in [7, 11) is 1.72. The van der Waals surface area contributed by atoms with Crippen molar-refractivity contribution in [3.8, 4) is 0 Å². The third-order valence-corrected chi connectivity index (χ3v) is 3.74. The SMILES string of the molecule is Bc1ccc(Nc2c(C(=O)NOC[C@H](C)O)cn3ccnc3c2F)c(F)c1. The maximum atomic E-state index is 14.9. The van der Waals surface area contributed by atoms with Crippen molar-refractivity contribution in [3.05, 3.63) is 54.0 Å². The molecular weight excluding hydrogens is 357 g/mol. The molecular formula is C17H17BF2N4O3. The van der Waals surface area contributed by atoms with Crippen molar-refractivity contribution in [1.82, 2.24) is 14.9 Å². The van der Waals surface area contributed by atoms with Gasteiger partial charge in [-0.2, -0.15) is 0 Å². The molecule has 0 saturated carbocycles. The number of anilines is 2. The van der Waals surface area contributed by atoms with Crippen LogP contribution in [-0.2, 0) is 4.84 Å². The molecule has 27 heavy (non-hydrogen) atoms. The number of amides is 1. The number of aliphatic hydroxyl groups excluding tert-OH is 1. The lowest BCUT2D eigenvalue weighted by Crippen LogP contribution is -2.28. The van der Waals surface area contributed by atoms with Gasteiger partial charge in [-0.25, -0.2) is 19.2 Å². The minimum absolute atomic E-state index is 0.00866. The predicted molar refractivity (Wildman–Crippen MR) is 98.1 cm³/mol. The number of fused-ring (bicyclic) bond motifs is 1. The Morgan fingerprint density at radius 2 is 2.22 bits per heavy atom. The highest BCUT2D eigenvalue weighted by atomic mass is 19.1. The smallest absolute Gasteiger partial charge is 0.278 e. The average Bonchev–Trinajstić information content (AvgIpc) is 3.07. The molecule has 3 aromatic rings. The van der Waals surface area contributed by atoms with E-state index in [0.29, 0.717) is 5.46 Å². The summed E-state index contributed by atoms with van der Waals surface area (Å²) >= 11 is 0. The van der Waals surface area contributed by atoms with Gasteiger partial charge in [0.1, 0.15) is 20.3 Å². The summed E-state index contributed by atoms with van der Waals surface area (Å²) in [6.07, 6.45) is 3.40. The van der Waals surface area contributed by atoms with E-state index < -0.39 is 23.6 Å². The van der Waals surface area contributed by atoms with Gasteiger partial charge >= 0.3 is 0 Å². The Kier molecular flexibility index (Phi) is 5.38. The van der Waals surface area contributed by atoms with Gasteiger partial charge in [0, 0.05) is 18.6 Å². The number of nitrogens with one attached hydrogen (secondary N) is 2. The molecule has 140 valence electrons. The average molecular weight is 374 g/mol. The number of pyridine rings is 1. The van der Waals surface area contributed by atoms with E-state index in [1.807, 2.05) is 0 Å². The first kappa shape index (κ1) is 18.8. The van der Waals surface area contributed by atoms with Gasteiger partial charge in [0.15, 0.2) is 11.5 Å². The van der Waals surface area contributed by atoms with E-state index in [4.69, 9.17) is 4.84 Å². The number of benzene rings is 1. The lowest BCUT2D eigenvalue weighted by atomic mass is 9.96. The number of carbonyl (C=O) groups excluding carboxylic acids is 1. The monoisotopic (exact) mass is 374 g/mol. The highest BCUT2D eigenvalue weighted by molar-refractivity contribution is 6.32. The third kappa shape index (κ3) is 4.07. The molecule has 3 rings (SSSR count). The summed E-state index contributed by atoms with van der Waals surface area (Å²) in [6, 6.07) is 4.40. The topological polar surface area (TPSA) is 87.9 Å². The number of hydrogen-bond acceptors (Lipinski definition) is 5. The number of nitrogens with zero attached hydrogens (tertiary/aromatic N) is 2. The predicted octanol–water partition coefficient (Wildman–Crippen LogP) is 0.657. The van der Waals surface area contributed by atoms with Crippen molar-refractivity contribution in [3.63, 3.8) is 0 Å². The Morgan fingerprint density at radius 3 is 2.93 bits per heavy atom. The van der Waals surface area contributed by atoms with Crippen LogP contribution in [0.1, 0.15) is 17.3 Å². The summed E-state index contributed by atoms with van der Waals surface area (Å²) in [5.74, 6) is -2.17. The second-order valence-electron chi connectivity index (χ2n) is 6.09. The highest BCUT2D eigenvalue weighted by Crippen LogP contribution is 2.28. The van der Waals surface area contributed by atoms with Crippen LogP contribution < -0.4 is 16.3 Å². The summed E-state index contributed by atoms with van der Waals surface area (Å²) in [4.78, 5) is 21.2. The van der Waals surface area contributed by atoms with Gasteiger partial charge < -0.3 is 14.8 Å². The fourth-order valence-electron chi connectivity index (χ4n) is 2.45. The van der Waals surface area contributed by atoms with Gasteiger partial charge in [-0.3, -0.25) is 9.63 Å². The van der Waals surface area contributed by atoms with Crippen LogP contribution in [-0.4, -0.2) is 41.0 Å². The van der Waals surface area contributed by atoms with Gasteiger partial charge in [-0.1, -0.05) is 11.5 Å². The van der Waals surface area contributed by atoms with Crippen LogP contribution in [0.2, 0.25) is 0 Å². The molecule has 0 radical (unpaired) electrons. The minimum Gasteiger partial charge on any atom is -0.391 e. The second kappa shape index (κ2) is 7.72. The molecule has 1 atom stereocenters. The lowest BCUT2D eigenvalue weighted by Gasteiger charge is -2.15. The Bertz CT molecular complexity index is 994. The molecule has 7 nitrogen and oxygen atoms in total. The molecule has 1 aromatic carbocycles. The summed E-state index contributed by atoms with van der Waals surface area (Å²) < 4.78 is 30.5. The highest BCUT2D eigenvalue weighted by Gasteiger charge is 2.21. The van der Waals surface area contributed by atoms with Crippen LogP contribution in [0.15, 0.2) is 36.8 Å². The molecule has 0 spiro atoms. The summed E-state index contributed by atoms with van der Waals surface area (Å²) in [6.45, 7) is 1.34. The maximum Gasteiger partial charge on any atom is 0.278 e. The summed E-state index contributed by atoms with van der Waals surface area (Å²) in [5.41, 5.74) is 2.46. The van der Waals surface area contributed by atoms with Gasteiger partial charge in [0.2, 0.25) is 0 Å². The second-order valence-corrected chi connectivity index (χ2v) is 6.09. The zero-order chi connectivity index (χ0) is 19.6. The van der Waals surface area contributed by atoms with Gasteiger partial charge in [-0.05, 0) is 19.1 Å². The van der Waals surface area contributed by atoms with Crippen molar-refractivity contribution in [2.24, 2.45) is 0 Å². The quantitative estimate of drug-likeness (QED) is 0.436. The molecule has 0 aliphatic carbocycles. The van der Waals surface area contributed by atoms with Crippen LogP contribution >= 0.6 is 0 Å². The zero-order valence-electron chi connectivity index (χ0n) is 14.7. The van der Waals surface area contributed by atoms with Crippen molar-refractivity contribution in [1.29, 1.82) is 0 Å². The summed E-state index contributed by atoms with van der Waals surface area (Å²) in [5, 5.41) is 11.8. The first-order valence-corrected chi connectivity index (χ1v) is 8.15. The van der Waals surface area contributed by atoms with E-state index in [2.05, 4.69) is 15.8 Å². The number of carbonyl (C=O) groups is 1. The van der Waals surface area contributed by atoms with E-state index in [1.54, 1.807) is 13.9 Å². The number of halogens is 2. The molecule has 2 heterocycles. The van der Waals surface area contributed by atoms with Gasteiger partial charge in [-0.15, -0.1) is 0 Å². The Labute approximate surface area is 154 Å². The van der Waals surface area contributed by atoms with E-state index in [9.17, 15) is 18.7 Å². The van der Waals surface area contributed by atoms with Gasteiger partial charge in [0.25, 0.3) is 5.91 Å². The van der Waals surface area contributed by atoms with Crippen molar-refractivity contribution in [2.75, 3.05) is 11.9 Å². The van der Waals surface area contributed by atoms with E-state index in [-0.39, 0.29) is 29.2 Å². The van der Waals surface area contributed by atoms with Crippen molar-refractivity contribution < 1.29 is 23.5 Å². The molecule has 1 amide bonds. The number of aromatic nitrogens is 2. The van der Waals surface area contributed by atoms with Crippen molar-refractivity contribution >= 4 is 36.2 Å². The van der Waals surface area contributed by atoms with Gasteiger partial charge in [0.05, 0.1) is 23.0 Å². The number of imidazole rings is 1. The largest absolute Gasteiger partial charge is 0.391 e. The fourth-order valence-corrected chi connectivity index (χ4v) is 2.45. The lowest BCUT2D eigenvalue weighted by molar-refractivity contribution is -0.00686. The van der Waals surface area contributed by atoms with E-state index in [0.717, 1.165) is 0 Å². The zero-order valence-corrected chi connectivity index (χ0v) is 14.7. The number of hydrogen-bond donors (Lipinski definition) is 3. The standard InChI is InChI=1S/C17H17BF2N4O3/c1-9(25)8-27-23-17(26)11-7-24-5-4-21-16(24)14(20)15(11)22-13-3-2-10(18)6-12(13)19/h2-7,9,22,25H,8,18H2,1H3,(H,23,26)/t9-/m0/s1. The fraction of sp³-hybridized carbons (Fsp3) is 0.176. The molecule has 0 bridgehead atoms. The van der Waals surface area contributed by atoms with E-state index in [1.165, 1.54) is 42.0 Å². The Morgan fingerprint density at radius 1 is 1.44 bits per heavy atom. The van der Waals surface area contributed by atoms with E-state index >= 15 is 0 Å². The molecule has 10 heteroatoms. The molecule has 0 unspecified atom stereocenters. The van der Waals surface area contributed by atoms with Crippen LogP contribution in [0.4, 0.5) is 20.2 Å². The number of rotatable bonds is 6.